The van der Waals surface area contributed by atoms with E-state index in [1.165, 1.54) is 9.75 Å². The lowest BCUT2D eigenvalue weighted by molar-refractivity contribution is 1.03. The first kappa shape index (κ1) is 11.1. The second kappa shape index (κ2) is 4.61. The molecule has 84 valence electrons. The molecule has 2 aromatic rings. The fourth-order valence-corrected chi connectivity index (χ4v) is 2.29. The Kier molecular flexibility index (Phi) is 3.19. The SMILES string of the molecule is Cc1cnc(C)c(NCc2ccc(C)s2)n1. The number of hydrogen-bond donors (Lipinski definition) is 1. The number of anilines is 1. The van der Waals surface area contributed by atoms with Crippen LogP contribution in [0.2, 0.25) is 0 Å². The first-order valence-electron chi connectivity index (χ1n) is 5.24. The molecule has 3 nitrogen and oxygen atoms in total. The average Bonchev–Trinajstić information content (AvgIpc) is 2.66. The van der Waals surface area contributed by atoms with Gasteiger partial charge in [0.05, 0.1) is 17.9 Å². The van der Waals surface area contributed by atoms with E-state index in [0.29, 0.717) is 0 Å². The van der Waals surface area contributed by atoms with Crippen molar-refractivity contribution in [1.29, 1.82) is 0 Å². The molecule has 0 aliphatic rings. The molecular weight excluding hydrogens is 218 g/mol. The van der Waals surface area contributed by atoms with Gasteiger partial charge in [-0.2, -0.15) is 0 Å². The van der Waals surface area contributed by atoms with Crippen LogP contribution in [0.25, 0.3) is 0 Å². The maximum absolute atomic E-state index is 4.43. The first-order chi connectivity index (χ1) is 7.65. The molecule has 0 amide bonds. The van der Waals surface area contributed by atoms with Crippen LogP contribution >= 0.6 is 11.3 Å². The fraction of sp³-hybridized carbons (Fsp3) is 0.333. The Morgan fingerprint density at radius 2 is 2.06 bits per heavy atom. The van der Waals surface area contributed by atoms with Crippen molar-refractivity contribution >= 4 is 17.2 Å². The van der Waals surface area contributed by atoms with Crippen molar-refractivity contribution in [2.24, 2.45) is 0 Å². The van der Waals surface area contributed by atoms with Gasteiger partial charge >= 0.3 is 0 Å². The Labute approximate surface area is 99.6 Å². The fourth-order valence-electron chi connectivity index (χ4n) is 1.46. The number of thiophene rings is 1. The third-order valence-electron chi connectivity index (χ3n) is 2.30. The topological polar surface area (TPSA) is 37.8 Å². The number of rotatable bonds is 3. The van der Waals surface area contributed by atoms with Crippen molar-refractivity contribution in [2.45, 2.75) is 27.3 Å². The third kappa shape index (κ3) is 2.58. The molecule has 0 atom stereocenters. The van der Waals surface area contributed by atoms with Gasteiger partial charge in [-0.05, 0) is 32.9 Å². The van der Waals surface area contributed by atoms with Gasteiger partial charge in [0, 0.05) is 16.0 Å². The number of aryl methyl sites for hydroxylation is 3. The van der Waals surface area contributed by atoms with Gasteiger partial charge < -0.3 is 5.32 Å². The summed E-state index contributed by atoms with van der Waals surface area (Å²) in [6.45, 7) is 6.85. The van der Waals surface area contributed by atoms with Crippen LogP contribution in [0.3, 0.4) is 0 Å². The smallest absolute Gasteiger partial charge is 0.148 e. The summed E-state index contributed by atoms with van der Waals surface area (Å²) >= 11 is 1.81. The number of nitrogens with one attached hydrogen (secondary N) is 1. The minimum Gasteiger partial charge on any atom is -0.364 e. The van der Waals surface area contributed by atoms with E-state index in [4.69, 9.17) is 0 Å². The maximum Gasteiger partial charge on any atom is 0.148 e. The third-order valence-corrected chi connectivity index (χ3v) is 3.30. The normalized spacial score (nSPS) is 10.4. The molecule has 2 heterocycles. The maximum atomic E-state index is 4.43. The van der Waals surface area contributed by atoms with E-state index in [1.807, 2.05) is 13.8 Å². The summed E-state index contributed by atoms with van der Waals surface area (Å²) in [5, 5.41) is 3.32. The molecule has 0 aliphatic heterocycles. The predicted molar refractivity (Wildman–Crippen MR) is 67.9 cm³/mol. The highest BCUT2D eigenvalue weighted by atomic mass is 32.1. The van der Waals surface area contributed by atoms with E-state index in [0.717, 1.165) is 23.8 Å². The standard InChI is InChI=1S/C12H15N3S/c1-8-6-13-10(3)12(15-8)14-7-11-5-4-9(2)16-11/h4-6H,7H2,1-3H3,(H,14,15). The van der Waals surface area contributed by atoms with E-state index in [9.17, 15) is 0 Å². The molecular formula is C12H15N3S. The first-order valence-corrected chi connectivity index (χ1v) is 6.06. The summed E-state index contributed by atoms with van der Waals surface area (Å²) in [6, 6.07) is 4.28. The second-order valence-corrected chi connectivity index (χ2v) is 5.18. The van der Waals surface area contributed by atoms with Crippen molar-refractivity contribution in [2.75, 3.05) is 5.32 Å². The van der Waals surface area contributed by atoms with Gasteiger partial charge in [-0.15, -0.1) is 11.3 Å². The Morgan fingerprint density at radius 1 is 1.25 bits per heavy atom. The van der Waals surface area contributed by atoms with Gasteiger partial charge in [-0.25, -0.2) is 4.98 Å². The molecule has 2 aromatic heterocycles. The number of hydrogen-bond acceptors (Lipinski definition) is 4. The van der Waals surface area contributed by atoms with Crippen molar-refractivity contribution in [3.8, 4) is 0 Å². The minimum atomic E-state index is 0.817. The summed E-state index contributed by atoms with van der Waals surface area (Å²) in [5.41, 5.74) is 1.88. The van der Waals surface area contributed by atoms with E-state index < -0.39 is 0 Å². The van der Waals surface area contributed by atoms with Crippen LogP contribution in [-0.2, 0) is 6.54 Å². The predicted octanol–water partition coefficient (Wildman–Crippen LogP) is 3.08. The highest BCUT2D eigenvalue weighted by molar-refractivity contribution is 7.11. The minimum absolute atomic E-state index is 0.817. The molecule has 0 fully saturated rings. The molecule has 4 heteroatoms. The van der Waals surface area contributed by atoms with Gasteiger partial charge in [0.2, 0.25) is 0 Å². The van der Waals surface area contributed by atoms with Crippen molar-refractivity contribution in [1.82, 2.24) is 9.97 Å². The van der Waals surface area contributed by atoms with Crippen LogP contribution < -0.4 is 5.32 Å². The molecule has 0 saturated heterocycles. The lowest BCUT2D eigenvalue weighted by atomic mass is 10.4. The number of aromatic nitrogens is 2. The Balaban J connectivity index is 2.07. The van der Waals surface area contributed by atoms with Gasteiger partial charge in [0.25, 0.3) is 0 Å². The molecule has 2 rings (SSSR count). The molecule has 0 aromatic carbocycles. The average molecular weight is 233 g/mol. The molecule has 0 bridgehead atoms. The zero-order valence-electron chi connectivity index (χ0n) is 9.74. The van der Waals surface area contributed by atoms with E-state index in [-0.39, 0.29) is 0 Å². The molecule has 0 radical (unpaired) electrons. The van der Waals surface area contributed by atoms with Crippen LogP contribution in [0, 0.1) is 20.8 Å². The lowest BCUT2D eigenvalue weighted by Crippen LogP contribution is -2.04. The monoisotopic (exact) mass is 233 g/mol. The summed E-state index contributed by atoms with van der Waals surface area (Å²) < 4.78 is 0. The van der Waals surface area contributed by atoms with E-state index in [2.05, 4.69) is 34.3 Å². The quantitative estimate of drug-likeness (QED) is 0.885. The Hall–Kier alpha value is -1.42. The highest BCUT2D eigenvalue weighted by Crippen LogP contribution is 2.17. The Morgan fingerprint density at radius 3 is 2.75 bits per heavy atom. The molecule has 0 spiro atoms. The van der Waals surface area contributed by atoms with Crippen LogP contribution in [0.4, 0.5) is 5.82 Å². The van der Waals surface area contributed by atoms with Crippen LogP contribution in [-0.4, -0.2) is 9.97 Å². The van der Waals surface area contributed by atoms with E-state index in [1.54, 1.807) is 17.5 Å². The molecule has 0 saturated carbocycles. The summed E-state index contributed by atoms with van der Waals surface area (Å²) in [6.07, 6.45) is 1.79. The van der Waals surface area contributed by atoms with Gasteiger partial charge in [0.1, 0.15) is 5.82 Å². The molecule has 1 N–H and O–H groups in total. The summed E-state index contributed by atoms with van der Waals surface area (Å²) in [5.74, 6) is 0.881. The molecule has 16 heavy (non-hydrogen) atoms. The van der Waals surface area contributed by atoms with Gasteiger partial charge in [-0.1, -0.05) is 0 Å². The second-order valence-electron chi connectivity index (χ2n) is 3.81. The van der Waals surface area contributed by atoms with Crippen LogP contribution in [0.1, 0.15) is 21.1 Å². The largest absolute Gasteiger partial charge is 0.364 e. The highest BCUT2D eigenvalue weighted by Gasteiger charge is 2.02. The lowest BCUT2D eigenvalue weighted by Gasteiger charge is -2.07. The van der Waals surface area contributed by atoms with Gasteiger partial charge in [0.15, 0.2) is 0 Å². The van der Waals surface area contributed by atoms with E-state index >= 15 is 0 Å². The van der Waals surface area contributed by atoms with Crippen molar-refractivity contribution < 1.29 is 0 Å². The van der Waals surface area contributed by atoms with Crippen molar-refractivity contribution in [3.63, 3.8) is 0 Å². The van der Waals surface area contributed by atoms with Crippen LogP contribution in [0.5, 0.6) is 0 Å². The van der Waals surface area contributed by atoms with Gasteiger partial charge in [-0.3, -0.25) is 4.98 Å². The molecule has 0 unspecified atom stereocenters. The zero-order valence-corrected chi connectivity index (χ0v) is 10.6. The summed E-state index contributed by atoms with van der Waals surface area (Å²) in [4.78, 5) is 11.4. The van der Waals surface area contributed by atoms with Crippen LogP contribution in [0.15, 0.2) is 18.3 Å². The Bertz CT molecular complexity index is 491. The molecule has 0 aliphatic carbocycles. The summed E-state index contributed by atoms with van der Waals surface area (Å²) in [7, 11) is 0. The number of nitrogens with zero attached hydrogens (tertiary/aromatic N) is 2. The zero-order chi connectivity index (χ0) is 11.5. The van der Waals surface area contributed by atoms with Crippen molar-refractivity contribution in [3.05, 3.63) is 39.5 Å².